The van der Waals surface area contributed by atoms with Gasteiger partial charge >= 0.3 is 0 Å². The summed E-state index contributed by atoms with van der Waals surface area (Å²) in [5.41, 5.74) is 3.83. The number of nitrogens with one attached hydrogen (secondary N) is 2. The van der Waals surface area contributed by atoms with E-state index in [4.69, 9.17) is 14.2 Å². The van der Waals surface area contributed by atoms with Crippen LogP contribution < -0.4 is 30.3 Å². The van der Waals surface area contributed by atoms with Crippen molar-refractivity contribution in [3.05, 3.63) is 45.6 Å². The van der Waals surface area contributed by atoms with E-state index in [0.29, 0.717) is 35.8 Å². The molecule has 1 aliphatic rings. The van der Waals surface area contributed by atoms with Crippen molar-refractivity contribution in [3.63, 3.8) is 0 Å². The predicted molar refractivity (Wildman–Crippen MR) is 126 cm³/mol. The quantitative estimate of drug-likeness (QED) is 0.675. The van der Waals surface area contributed by atoms with Gasteiger partial charge in [0.15, 0.2) is 11.5 Å². The van der Waals surface area contributed by atoms with Crippen LogP contribution in [0.1, 0.15) is 50.8 Å². The molecule has 0 saturated carbocycles. The molecule has 0 aliphatic heterocycles. The van der Waals surface area contributed by atoms with E-state index in [0.717, 1.165) is 28.7 Å². The van der Waals surface area contributed by atoms with Crippen LogP contribution in [-0.4, -0.2) is 33.3 Å². The first-order valence-electron chi connectivity index (χ1n) is 10.9. The molecule has 0 saturated heterocycles. The molecule has 32 heavy (non-hydrogen) atoms. The summed E-state index contributed by atoms with van der Waals surface area (Å²) in [5.74, 6) is 1.46. The Kier molecular flexibility index (Phi) is 7.28. The molecule has 2 aromatic carbocycles. The Balaban J connectivity index is 2.36. The van der Waals surface area contributed by atoms with Gasteiger partial charge in [-0.25, -0.2) is 0 Å². The van der Waals surface area contributed by atoms with Crippen molar-refractivity contribution in [2.75, 3.05) is 26.6 Å². The molecule has 1 amide bonds. The van der Waals surface area contributed by atoms with E-state index in [-0.39, 0.29) is 23.4 Å². The van der Waals surface area contributed by atoms with Gasteiger partial charge in [-0.2, -0.15) is 0 Å². The standard InChI is InChI=1S/C25H32N2O5/c1-7-14(2)26-20-11-9-17-18(13-21(20)29)19(27-15(3)28)10-8-16-12-22(30-4)24(31-5)25(32-6)23(16)17/h9,11-14,19H,7-8,10H2,1-6H3,(H,26,29)(H,27,28)/t14-,19-/m0/s1. The maximum Gasteiger partial charge on any atom is 0.217 e. The van der Waals surface area contributed by atoms with Crippen molar-refractivity contribution in [2.45, 2.75) is 52.1 Å². The third-order valence-electron chi connectivity index (χ3n) is 5.93. The summed E-state index contributed by atoms with van der Waals surface area (Å²) in [4.78, 5) is 25.1. The lowest BCUT2D eigenvalue weighted by Gasteiger charge is -2.19. The molecule has 3 rings (SSSR count). The van der Waals surface area contributed by atoms with E-state index in [1.807, 2.05) is 25.1 Å². The number of fused-ring (bicyclic) bond motifs is 3. The van der Waals surface area contributed by atoms with Crippen LogP contribution in [0.3, 0.4) is 0 Å². The number of hydrogen-bond acceptors (Lipinski definition) is 6. The number of carbonyl (C=O) groups excluding carboxylic acids is 1. The monoisotopic (exact) mass is 440 g/mol. The number of methoxy groups -OCH3 is 3. The van der Waals surface area contributed by atoms with E-state index in [1.54, 1.807) is 27.4 Å². The number of aryl methyl sites for hydroxylation is 1. The van der Waals surface area contributed by atoms with E-state index in [1.165, 1.54) is 6.92 Å². The van der Waals surface area contributed by atoms with Crippen molar-refractivity contribution in [1.82, 2.24) is 5.32 Å². The highest BCUT2D eigenvalue weighted by Gasteiger charge is 2.29. The molecule has 0 aromatic heterocycles. The molecule has 0 fully saturated rings. The molecule has 2 aromatic rings. The molecule has 0 heterocycles. The minimum absolute atomic E-state index is 0.121. The number of anilines is 1. The summed E-state index contributed by atoms with van der Waals surface area (Å²) in [5, 5.41) is 6.31. The molecule has 7 nitrogen and oxygen atoms in total. The van der Waals surface area contributed by atoms with Crippen molar-refractivity contribution >= 4 is 11.6 Å². The largest absolute Gasteiger partial charge is 0.493 e. The Hall–Kier alpha value is -3.22. The topological polar surface area (TPSA) is 85.9 Å². The summed E-state index contributed by atoms with van der Waals surface area (Å²) in [7, 11) is 4.75. The summed E-state index contributed by atoms with van der Waals surface area (Å²) < 4.78 is 17.0. The van der Waals surface area contributed by atoms with Crippen LogP contribution >= 0.6 is 0 Å². The average Bonchev–Trinajstić information content (AvgIpc) is 3.01. The Morgan fingerprint density at radius 2 is 1.84 bits per heavy atom. The van der Waals surface area contributed by atoms with Crippen molar-refractivity contribution in [1.29, 1.82) is 0 Å². The average molecular weight is 441 g/mol. The first-order valence-corrected chi connectivity index (χ1v) is 10.9. The van der Waals surface area contributed by atoms with Crippen molar-refractivity contribution in [2.24, 2.45) is 0 Å². The lowest BCUT2D eigenvalue weighted by atomic mass is 9.95. The smallest absolute Gasteiger partial charge is 0.217 e. The minimum atomic E-state index is -0.312. The van der Waals surface area contributed by atoms with Gasteiger partial charge < -0.3 is 24.8 Å². The third-order valence-corrected chi connectivity index (χ3v) is 5.93. The molecule has 172 valence electrons. The van der Waals surface area contributed by atoms with Crippen LogP contribution in [0.15, 0.2) is 29.1 Å². The molecule has 2 atom stereocenters. The van der Waals surface area contributed by atoms with E-state index in [9.17, 15) is 9.59 Å². The number of benzene rings is 1. The molecule has 0 spiro atoms. The molecular formula is C25H32N2O5. The molecule has 2 N–H and O–H groups in total. The van der Waals surface area contributed by atoms with Gasteiger partial charge in [-0.3, -0.25) is 9.59 Å². The zero-order valence-corrected chi connectivity index (χ0v) is 19.6. The molecule has 0 radical (unpaired) electrons. The zero-order chi connectivity index (χ0) is 23.4. The lowest BCUT2D eigenvalue weighted by Crippen LogP contribution is -2.26. The Morgan fingerprint density at radius 1 is 1.12 bits per heavy atom. The van der Waals surface area contributed by atoms with Crippen LogP contribution in [0.25, 0.3) is 11.1 Å². The Labute approximate surface area is 189 Å². The first-order chi connectivity index (χ1) is 15.3. The highest BCUT2D eigenvalue weighted by atomic mass is 16.5. The number of rotatable bonds is 7. The van der Waals surface area contributed by atoms with Crippen molar-refractivity contribution < 1.29 is 19.0 Å². The van der Waals surface area contributed by atoms with Gasteiger partial charge in [0, 0.05) is 18.5 Å². The molecule has 0 bridgehead atoms. The van der Waals surface area contributed by atoms with Gasteiger partial charge in [0.25, 0.3) is 0 Å². The van der Waals surface area contributed by atoms with E-state index < -0.39 is 0 Å². The summed E-state index contributed by atoms with van der Waals surface area (Å²) in [6, 6.07) is 7.15. The van der Waals surface area contributed by atoms with Crippen LogP contribution in [-0.2, 0) is 11.2 Å². The molecule has 0 unspecified atom stereocenters. The van der Waals surface area contributed by atoms with Crippen LogP contribution in [0.2, 0.25) is 0 Å². The second-order valence-electron chi connectivity index (χ2n) is 8.05. The second-order valence-corrected chi connectivity index (χ2v) is 8.05. The summed E-state index contributed by atoms with van der Waals surface area (Å²) in [6.07, 6.45) is 2.19. The number of ether oxygens (including phenoxy) is 3. The zero-order valence-electron chi connectivity index (χ0n) is 19.6. The fraction of sp³-hybridized carbons (Fsp3) is 0.440. The second kappa shape index (κ2) is 9.94. The molecular weight excluding hydrogens is 408 g/mol. The number of amides is 1. The van der Waals surface area contributed by atoms with Gasteiger partial charge in [-0.1, -0.05) is 13.0 Å². The van der Waals surface area contributed by atoms with Gasteiger partial charge in [0.1, 0.15) is 0 Å². The third kappa shape index (κ3) is 4.52. The first kappa shape index (κ1) is 23.4. The highest BCUT2D eigenvalue weighted by molar-refractivity contribution is 5.83. The predicted octanol–water partition coefficient (Wildman–Crippen LogP) is 4.07. The number of carbonyl (C=O) groups is 1. The van der Waals surface area contributed by atoms with Crippen LogP contribution in [0, 0.1) is 0 Å². The van der Waals surface area contributed by atoms with Crippen LogP contribution in [0.5, 0.6) is 17.2 Å². The fourth-order valence-corrected chi connectivity index (χ4v) is 4.19. The van der Waals surface area contributed by atoms with E-state index in [2.05, 4.69) is 17.6 Å². The van der Waals surface area contributed by atoms with Gasteiger partial charge in [0.2, 0.25) is 17.1 Å². The normalized spacial score (nSPS) is 15.5. The number of hydrogen-bond donors (Lipinski definition) is 2. The fourth-order valence-electron chi connectivity index (χ4n) is 4.19. The van der Waals surface area contributed by atoms with Gasteiger partial charge in [-0.15, -0.1) is 0 Å². The van der Waals surface area contributed by atoms with Gasteiger partial charge in [-0.05, 0) is 61.1 Å². The highest BCUT2D eigenvalue weighted by Crippen LogP contribution is 2.50. The minimum Gasteiger partial charge on any atom is -0.493 e. The van der Waals surface area contributed by atoms with Crippen LogP contribution in [0.4, 0.5) is 5.69 Å². The Bertz CT molecular complexity index is 1070. The maximum absolute atomic E-state index is 13.1. The van der Waals surface area contributed by atoms with Crippen molar-refractivity contribution in [3.8, 4) is 28.4 Å². The van der Waals surface area contributed by atoms with Gasteiger partial charge in [0.05, 0.1) is 33.1 Å². The SMILES string of the molecule is CC[C@H](C)Nc1ccc2c(cc1=O)[C@@H](NC(C)=O)CCc1cc(OC)c(OC)c(OC)c1-2. The lowest BCUT2D eigenvalue weighted by molar-refractivity contribution is -0.119. The Morgan fingerprint density at radius 3 is 2.44 bits per heavy atom. The maximum atomic E-state index is 13.1. The molecule has 1 aliphatic carbocycles. The van der Waals surface area contributed by atoms with E-state index >= 15 is 0 Å². The molecule has 7 heteroatoms. The summed E-state index contributed by atoms with van der Waals surface area (Å²) >= 11 is 0. The summed E-state index contributed by atoms with van der Waals surface area (Å²) in [6.45, 7) is 5.59.